The standard InChI is InChI=1S/C17H23NO/c1-11(2)14-5-3-4-6-16(14)18-17(19)15-10-12-7-8-13(15)9-12/h3-6,11-13,15H,7-10H2,1-2H3,(H,18,19)/t12-,13-,15-/m1/s1. The highest BCUT2D eigenvalue weighted by molar-refractivity contribution is 5.93. The Morgan fingerprint density at radius 2 is 2.00 bits per heavy atom. The van der Waals surface area contributed by atoms with Crippen molar-refractivity contribution in [2.45, 2.75) is 45.4 Å². The van der Waals surface area contributed by atoms with Crippen LogP contribution in [0.5, 0.6) is 0 Å². The SMILES string of the molecule is CC(C)c1ccccc1NC(=O)[C@@H]1C[C@@H]2CC[C@@H]1C2. The van der Waals surface area contributed by atoms with Gasteiger partial charge in [-0.1, -0.05) is 38.5 Å². The molecule has 0 unspecified atom stereocenters. The third-order valence-electron chi connectivity index (χ3n) is 4.92. The van der Waals surface area contributed by atoms with Gasteiger partial charge >= 0.3 is 0 Å². The minimum absolute atomic E-state index is 0.250. The van der Waals surface area contributed by atoms with Crippen LogP contribution in [0.15, 0.2) is 24.3 Å². The van der Waals surface area contributed by atoms with Gasteiger partial charge in [-0.2, -0.15) is 0 Å². The molecule has 19 heavy (non-hydrogen) atoms. The van der Waals surface area contributed by atoms with E-state index < -0.39 is 0 Å². The van der Waals surface area contributed by atoms with Crippen molar-refractivity contribution in [3.05, 3.63) is 29.8 Å². The van der Waals surface area contributed by atoms with Gasteiger partial charge < -0.3 is 5.32 Å². The summed E-state index contributed by atoms with van der Waals surface area (Å²) in [5.74, 6) is 2.42. The van der Waals surface area contributed by atoms with E-state index in [0.29, 0.717) is 11.8 Å². The van der Waals surface area contributed by atoms with Gasteiger partial charge in [-0.3, -0.25) is 4.79 Å². The van der Waals surface area contributed by atoms with E-state index in [4.69, 9.17) is 0 Å². The van der Waals surface area contributed by atoms with Gasteiger partial charge in [0.25, 0.3) is 0 Å². The lowest BCUT2D eigenvalue weighted by Gasteiger charge is -2.22. The summed E-state index contributed by atoms with van der Waals surface area (Å²) in [6.45, 7) is 4.34. The first-order chi connectivity index (χ1) is 9.15. The highest BCUT2D eigenvalue weighted by atomic mass is 16.1. The molecular weight excluding hydrogens is 234 g/mol. The molecule has 3 atom stereocenters. The van der Waals surface area contributed by atoms with Gasteiger partial charge in [0.2, 0.25) is 5.91 Å². The van der Waals surface area contributed by atoms with Gasteiger partial charge in [-0.15, -0.1) is 0 Å². The average molecular weight is 257 g/mol. The number of carbonyl (C=O) groups excluding carboxylic acids is 1. The van der Waals surface area contributed by atoms with Crippen LogP contribution in [0.25, 0.3) is 0 Å². The van der Waals surface area contributed by atoms with Gasteiger partial charge in [0.1, 0.15) is 0 Å². The molecule has 2 fully saturated rings. The Hall–Kier alpha value is -1.31. The second-order valence-corrected chi connectivity index (χ2v) is 6.51. The predicted octanol–water partition coefficient (Wildman–Crippen LogP) is 4.18. The molecular formula is C17H23NO. The van der Waals surface area contributed by atoms with Crippen molar-refractivity contribution in [3.63, 3.8) is 0 Å². The summed E-state index contributed by atoms with van der Waals surface area (Å²) in [6.07, 6.45) is 5.00. The Balaban J connectivity index is 1.73. The summed E-state index contributed by atoms with van der Waals surface area (Å²) in [5, 5.41) is 3.18. The zero-order chi connectivity index (χ0) is 13.4. The number of carbonyl (C=O) groups is 1. The van der Waals surface area contributed by atoms with E-state index in [-0.39, 0.29) is 11.8 Å². The number of anilines is 1. The largest absolute Gasteiger partial charge is 0.326 e. The van der Waals surface area contributed by atoms with E-state index in [1.807, 2.05) is 18.2 Å². The van der Waals surface area contributed by atoms with Crippen molar-refractivity contribution >= 4 is 11.6 Å². The number of hydrogen-bond acceptors (Lipinski definition) is 1. The monoisotopic (exact) mass is 257 g/mol. The lowest BCUT2D eigenvalue weighted by atomic mass is 9.88. The Morgan fingerprint density at radius 3 is 2.63 bits per heavy atom. The Bertz CT molecular complexity index is 480. The average Bonchev–Trinajstić information content (AvgIpc) is 3.01. The minimum Gasteiger partial charge on any atom is -0.326 e. The van der Waals surface area contributed by atoms with Crippen LogP contribution in [0.3, 0.4) is 0 Å². The van der Waals surface area contributed by atoms with Crippen LogP contribution >= 0.6 is 0 Å². The molecule has 0 radical (unpaired) electrons. The topological polar surface area (TPSA) is 29.1 Å². The molecule has 0 aliphatic heterocycles. The molecule has 2 heteroatoms. The smallest absolute Gasteiger partial charge is 0.227 e. The number of amides is 1. The van der Waals surface area contributed by atoms with E-state index in [0.717, 1.165) is 18.0 Å². The fourth-order valence-electron chi connectivity index (χ4n) is 3.91. The van der Waals surface area contributed by atoms with Crippen molar-refractivity contribution < 1.29 is 4.79 Å². The molecule has 0 saturated heterocycles. The molecule has 1 aromatic rings. The summed E-state index contributed by atoms with van der Waals surface area (Å²) in [5.41, 5.74) is 2.24. The zero-order valence-corrected chi connectivity index (χ0v) is 11.9. The summed E-state index contributed by atoms with van der Waals surface area (Å²) >= 11 is 0. The van der Waals surface area contributed by atoms with Crippen LogP contribution in [0.1, 0.15) is 51.0 Å². The van der Waals surface area contributed by atoms with Crippen LogP contribution in [0, 0.1) is 17.8 Å². The molecule has 0 aromatic heterocycles. The molecule has 2 aliphatic rings. The second kappa shape index (κ2) is 4.99. The van der Waals surface area contributed by atoms with Gasteiger partial charge in [0.05, 0.1) is 0 Å². The van der Waals surface area contributed by atoms with Crippen molar-refractivity contribution in [2.24, 2.45) is 17.8 Å². The van der Waals surface area contributed by atoms with E-state index in [9.17, 15) is 4.79 Å². The van der Waals surface area contributed by atoms with Crippen molar-refractivity contribution in [2.75, 3.05) is 5.32 Å². The van der Waals surface area contributed by atoms with E-state index in [2.05, 4.69) is 25.2 Å². The van der Waals surface area contributed by atoms with Gasteiger partial charge in [0, 0.05) is 11.6 Å². The Labute approximate surface area is 115 Å². The van der Waals surface area contributed by atoms with Crippen molar-refractivity contribution in [1.29, 1.82) is 0 Å². The molecule has 0 heterocycles. The van der Waals surface area contributed by atoms with E-state index >= 15 is 0 Å². The molecule has 1 amide bonds. The van der Waals surface area contributed by atoms with Crippen LogP contribution in [-0.4, -0.2) is 5.91 Å². The first kappa shape index (κ1) is 12.7. The van der Waals surface area contributed by atoms with Crippen LogP contribution in [-0.2, 0) is 4.79 Å². The molecule has 1 N–H and O–H groups in total. The molecule has 2 nitrogen and oxygen atoms in total. The molecule has 2 bridgehead atoms. The number of hydrogen-bond donors (Lipinski definition) is 1. The summed E-state index contributed by atoms with van der Waals surface area (Å²) in [7, 11) is 0. The van der Waals surface area contributed by atoms with Crippen molar-refractivity contribution in [3.8, 4) is 0 Å². The first-order valence-corrected chi connectivity index (χ1v) is 7.55. The molecule has 2 saturated carbocycles. The maximum Gasteiger partial charge on any atom is 0.227 e. The number of fused-ring (bicyclic) bond motifs is 2. The quantitative estimate of drug-likeness (QED) is 0.864. The number of para-hydroxylation sites is 1. The number of rotatable bonds is 3. The van der Waals surface area contributed by atoms with Crippen LogP contribution < -0.4 is 5.32 Å². The predicted molar refractivity (Wildman–Crippen MR) is 78.1 cm³/mol. The second-order valence-electron chi connectivity index (χ2n) is 6.51. The van der Waals surface area contributed by atoms with Gasteiger partial charge in [-0.25, -0.2) is 0 Å². The molecule has 0 spiro atoms. The van der Waals surface area contributed by atoms with Gasteiger partial charge in [-0.05, 0) is 48.6 Å². The molecule has 1 aromatic carbocycles. The summed E-state index contributed by atoms with van der Waals surface area (Å²) in [4.78, 5) is 12.5. The zero-order valence-electron chi connectivity index (χ0n) is 11.9. The third kappa shape index (κ3) is 2.41. The highest BCUT2D eigenvalue weighted by Gasteiger charge is 2.43. The van der Waals surface area contributed by atoms with Crippen LogP contribution in [0.2, 0.25) is 0 Å². The number of nitrogens with one attached hydrogen (secondary N) is 1. The number of benzene rings is 1. The fraction of sp³-hybridized carbons (Fsp3) is 0.588. The highest BCUT2D eigenvalue weighted by Crippen LogP contribution is 2.48. The summed E-state index contributed by atoms with van der Waals surface area (Å²) < 4.78 is 0. The lowest BCUT2D eigenvalue weighted by Crippen LogP contribution is -2.27. The maximum absolute atomic E-state index is 12.5. The minimum atomic E-state index is 0.250. The summed E-state index contributed by atoms with van der Waals surface area (Å²) in [6, 6.07) is 8.19. The van der Waals surface area contributed by atoms with E-state index in [1.54, 1.807) is 0 Å². The van der Waals surface area contributed by atoms with Crippen LogP contribution in [0.4, 0.5) is 5.69 Å². The fourth-order valence-corrected chi connectivity index (χ4v) is 3.91. The van der Waals surface area contributed by atoms with Crippen molar-refractivity contribution in [1.82, 2.24) is 0 Å². The lowest BCUT2D eigenvalue weighted by molar-refractivity contribution is -0.121. The van der Waals surface area contributed by atoms with E-state index in [1.165, 1.54) is 24.8 Å². The normalized spacial score (nSPS) is 28.9. The third-order valence-corrected chi connectivity index (χ3v) is 4.92. The molecule has 2 aliphatic carbocycles. The Morgan fingerprint density at radius 1 is 1.21 bits per heavy atom. The molecule has 3 rings (SSSR count). The maximum atomic E-state index is 12.5. The molecule has 102 valence electrons. The Kier molecular flexibility index (Phi) is 3.34. The van der Waals surface area contributed by atoms with Gasteiger partial charge in [0.15, 0.2) is 0 Å². The first-order valence-electron chi connectivity index (χ1n) is 7.55.